The van der Waals surface area contributed by atoms with Crippen molar-refractivity contribution in [3.8, 4) is 0 Å². The molecule has 7 nitrogen and oxygen atoms in total. The SMILES string of the molecule is C[C@H](N)C(=O)O.Cl.Cl.NCCCC[C@H](N)C(=O)O. The summed E-state index contributed by atoms with van der Waals surface area (Å²) in [6.45, 7) is 2.02. The van der Waals surface area contributed by atoms with Crippen molar-refractivity contribution in [2.45, 2.75) is 38.3 Å². The van der Waals surface area contributed by atoms with Gasteiger partial charge in [-0.05, 0) is 26.3 Å². The minimum atomic E-state index is -0.963. The Hall–Kier alpha value is -0.600. The number of carboxylic acid groups (broad SMARTS) is 2. The lowest BCUT2D eigenvalue weighted by molar-refractivity contribution is -0.139. The standard InChI is InChI=1S/C6H14N2O2.C3H7NO2.2ClH/c7-4-2-1-3-5(8)6(9)10;1-2(4)3(5)6;;/h5H,1-4,7-8H2,(H,9,10);2H,4H2,1H3,(H,5,6);2*1H/t5-;2-;;/m00../s1. The number of hydrogen-bond acceptors (Lipinski definition) is 5. The molecule has 0 saturated carbocycles. The van der Waals surface area contributed by atoms with Gasteiger partial charge in [0.05, 0.1) is 0 Å². The van der Waals surface area contributed by atoms with E-state index in [-0.39, 0.29) is 24.8 Å². The number of aliphatic carboxylic acids is 2. The largest absolute Gasteiger partial charge is 0.480 e. The molecule has 0 fully saturated rings. The molecule has 0 aliphatic heterocycles. The molecule has 0 aromatic rings. The quantitative estimate of drug-likeness (QED) is 0.425. The first kappa shape index (κ1) is 26.1. The van der Waals surface area contributed by atoms with E-state index in [0.717, 1.165) is 12.8 Å². The third-order valence-corrected chi connectivity index (χ3v) is 1.68. The van der Waals surface area contributed by atoms with E-state index in [2.05, 4.69) is 0 Å². The van der Waals surface area contributed by atoms with Crippen LogP contribution < -0.4 is 17.2 Å². The van der Waals surface area contributed by atoms with Crippen LogP contribution in [0, 0.1) is 0 Å². The van der Waals surface area contributed by atoms with Crippen LogP contribution in [0.1, 0.15) is 26.2 Å². The predicted molar refractivity (Wildman–Crippen MR) is 74.3 cm³/mol. The van der Waals surface area contributed by atoms with Crippen LogP contribution in [0.4, 0.5) is 0 Å². The third-order valence-electron chi connectivity index (χ3n) is 1.68. The van der Waals surface area contributed by atoms with Gasteiger partial charge in [0.2, 0.25) is 0 Å². The Morgan fingerprint density at radius 2 is 1.44 bits per heavy atom. The minimum absolute atomic E-state index is 0. The number of carbonyl (C=O) groups is 2. The normalized spacial score (nSPS) is 11.8. The highest BCUT2D eigenvalue weighted by atomic mass is 35.5. The zero-order valence-electron chi connectivity index (χ0n) is 10.2. The summed E-state index contributed by atoms with van der Waals surface area (Å²) in [6, 6.07) is -1.45. The molecule has 0 aromatic carbocycles. The molecule has 112 valence electrons. The highest BCUT2D eigenvalue weighted by Crippen LogP contribution is 1.96. The predicted octanol–water partition coefficient (Wildman–Crippen LogP) is -0.211. The van der Waals surface area contributed by atoms with Gasteiger partial charge >= 0.3 is 11.9 Å². The summed E-state index contributed by atoms with van der Waals surface area (Å²) in [5.41, 5.74) is 15.3. The molecule has 0 aliphatic carbocycles. The summed E-state index contributed by atoms with van der Waals surface area (Å²) in [6.07, 6.45) is 2.16. The van der Waals surface area contributed by atoms with Crippen LogP contribution in [0.2, 0.25) is 0 Å². The Bertz CT molecular complexity index is 218. The monoisotopic (exact) mass is 307 g/mol. The maximum absolute atomic E-state index is 10.1. The summed E-state index contributed by atoms with van der Waals surface area (Å²) in [7, 11) is 0. The van der Waals surface area contributed by atoms with Crippen LogP contribution in [0.25, 0.3) is 0 Å². The van der Waals surface area contributed by atoms with Gasteiger partial charge in [-0.25, -0.2) is 0 Å². The first-order valence-electron chi connectivity index (χ1n) is 4.99. The molecule has 9 heteroatoms. The maximum atomic E-state index is 10.1. The first-order valence-corrected chi connectivity index (χ1v) is 4.99. The van der Waals surface area contributed by atoms with Gasteiger partial charge in [-0.2, -0.15) is 0 Å². The third kappa shape index (κ3) is 20.8. The molecule has 0 spiro atoms. The molecule has 0 unspecified atom stereocenters. The fourth-order valence-electron chi connectivity index (χ4n) is 0.632. The number of rotatable bonds is 6. The van der Waals surface area contributed by atoms with Gasteiger partial charge in [0.15, 0.2) is 0 Å². The number of carboxylic acids is 2. The zero-order chi connectivity index (χ0) is 13.1. The number of hydrogen-bond donors (Lipinski definition) is 5. The van der Waals surface area contributed by atoms with E-state index in [1.807, 2.05) is 0 Å². The minimum Gasteiger partial charge on any atom is -0.480 e. The van der Waals surface area contributed by atoms with Crippen LogP contribution >= 0.6 is 24.8 Å². The van der Waals surface area contributed by atoms with Gasteiger partial charge in [-0.3, -0.25) is 9.59 Å². The average molecular weight is 308 g/mol. The molecule has 2 atom stereocenters. The fourth-order valence-corrected chi connectivity index (χ4v) is 0.632. The van der Waals surface area contributed by atoms with Crippen molar-refractivity contribution in [3.05, 3.63) is 0 Å². The van der Waals surface area contributed by atoms with Crippen LogP contribution in [0.3, 0.4) is 0 Å². The molecule has 0 heterocycles. The van der Waals surface area contributed by atoms with Crippen molar-refractivity contribution in [2.24, 2.45) is 17.2 Å². The van der Waals surface area contributed by atoms with Gasteiger partial charge in [-0.1, -0.05) is 6.42 Å². The number of halogens is 2. The average Bonchev–Trinajstić information content (AvgIpc) is 2.18. The van der Waals surface area contributed by atoms with E-state index in [4.69, 9.17) is 27.4 Å². The number of nitrogens with two attached hydrogens (primary N) is 3. The van der Waals surface area contributed by atoms with Crippen molar-refractivity contribution >= 4 is 36.8 Å². The van der Waals surface area contributed by atoms with Crippen molar-refractivity contribution in [3.63, 3.8) is 0 Å². The number of unbranched alkanes of at least 4 members (excludes halogenated alkanes) is 1. The zero-order valence-corrected chi connectivity index (χ0v) is 11.9. The molecule has 0 aromatic heterocycles. The molecular formula is C9H23Cl2N3O4. The second-order valence-corrected chi connectivity index (χ2v) is 3.36. The van der Waals surface area contributed by atoms with Crippen molar-refractivity contribution < 1.29 is 19.8 Å². The van der Waals surface area contributed by atoms with Gasteiger partial charge in [0, 0.05) is 0 Å². The molecule has 0 amide bonds. The van der Waals surface area contributed by atoms with Gasteiger partial charge < -0.3 is 27.4 Å². The summed E-state index contributed by atoms with van der Waals surface area (Å²) in [4.78, 5) is 19.7. The van der Waals surface area contributed by atoms with Gasteiger partial charge in [0.1, 0.15) is 12.1 Å². The second-order valence-electron chi connectivity index (χ2n) is 3.36. The molecule has 8 N–H and O–H groups in total. The van der Waals surface area contributed by atoms with Crippen molar-refractivity contribution in [2.75, 3.05) is 6.54 Å². The van der Waals surface area contributed by atoms with Gasteiger partial charge in [0.25, 0.3) is 0 Å². The molecule has 0 saturated heterocycles. The lowest BCUT2D eigenvalue weighted by atomic mass is 10.1. The maximum Gasteiger partial charge on any atom is 0.320 e. The molecule has 0 radical (unpaired) electrons. The van der Waals surface area contributed by atoms with E-state index in [9.17, 15) is 9.59 Å². The van der Waals surface area contributed by atoms with E-state index in [1.165, 1.54) is 6.92 Å². The van der Waals surface area contributed by atoms with Crippen molar-refractivity contribution in [1.82, 2.24) is 0 Å². The smallest absolute Gasteiger partial charge is 0.320 e. The highest BCUT2D eigenvalue weighted by Gasteiger charge is 2.09. The molecule has 18 heavy (non-hydrogen) atoms. The summed E-state index contributed by atoms with van der Waals surface area (Å²) in [5.74, 6) is -1.90. The van der Waals surface area contributed by atoms with Crippen LogP contribution in [0.5, 0.6) is 0 Å². The molecule has 0 bridgehead atoms. The summed E-state index contributed by atoms with van der Waals surface area (Å²) < 4.78 is 0. The Kier molecular flexibility index (Phi) is 23.7. The van der Waals surface area contributed by atoms with E-state index < -0.39 is 24.0 Å². The molecule has 0 rings (SSSR count). The fraction of sp³-hybridized carbons (Fsp3) is 0.778. The Balaban J connectivity index is -0.000000108. The second kappa shape index (κ2) is 16.4. The van der Waals surface area contributed by atoms with E-state index >= 15 is 0 Å². The Morgan fingerprint density at radius 1 is 1.06 bits per heavy atom. The van der Waals surface area contributed by atoms with Gasteiger partial charge in [-0.15, -0.1) is 24.8 Å². The van der Waals surface area contributed by atoms with E-state index in [1.54, 1.807) is 0 Å². The molecule has 0 aliphatic rings. The topological polar surface area (TPSA) is 153 Å². The molecular weight excluding hydrogens is 285 g/mol. The van der Waals surface area contributed by atoms with E-state index in [0.29, 0.717) is 13.0 Å². The van der Waals surface area contributed by atoms with Crippen molar-refractivity contribution in [1.29, 1.82) is 0 Å². The van der Waals surface area contributed by atoms with Crippen LogP contribution in [0.15, 0.2) is 0 Å². The van der Waals surface area contributed by atoms with Crippen LogP contribution in [-0.2, 0) is 9.59 Å². The highest BCUT2D eigenvalue weighted by molar-refractivity contribution is 5.85. The Labute approximate surface area is 119 Å². The first-order chi connectivity index (χ1) is 7.32. The lowest BCUT2D eigenvalue weighted by Crippen LogP contribution is -2.29. The lowest BCUT2D eigenvalue weighted by Gasteiger charge is -2.03. The van der Waals surface area contributed by atoms with Crippen LogP contribution in [-0.4, -0.2) is 40.8 Å². The summed E-state index contributed by atoms with van der Waals surface area (Å²) >= 11 is 0. The Morgan fingerprint density at radius 3 is 1.67 bits per heavy atom. The summed E-state index contributed by atoms with van der Waals surface area (Å²) in [5, 5.41) is 16.2.